The minimum atomic E-state index is -3.56. The Balaban J connectivity index is 0.00000145. The predicted molar refractivity (Wildman–Crippen MR) is 114 cm³/mol. The van der Waals surface area contributed by atoms with Crippen molar-refractivity contribution in [2.75, 3.05) is 36.8 Å². The third-order valence-electron chi connectivity index (χ3n) is 4.57. The van der Waals surface area contributed by atoms with Crippen molar-refractivity contribution in [3.8, 4) is 5.75 Å². The van der Waals surface area contributed by atoms with Crippen LogP contribution < -0.4 is 10.4 Å². The molecule has 1 fully saturated rings. The SMILES string of the molecule is CC.O=S(=O)(CC(NO)C1=CN=CC=CC1)N1CCN(c2ccc(O)cn2)CC1. The molecule has 3 N–H and O–H groups in total. The van der Waals surface area contributed by atoms with E-state index in [9.17, 15) is 18.7 Å². The summed E-state index contributed by atoms with van der Waals surface area (Å²) < 4.78 is 27.0. The topological polar surface area (TPSA) is 118 Å². The van der Waals surface area contributed by atoms with Gasteiger partial charge in [-0.05, 0) is 30.2 Å². The Bertz CT molecular complexity index is 829. The summed E-state index contributed by atoms with van der Waals surface area (Å²) in [4.78, 5) is 10.2. The van der Waals surface area contributed by atoms with Gasteiger partial charge in [-0.25, -0.2) is 13.4 Å². The Morgan fingerprint density at radius 3 is 2.55 bits per heavy atom. The number of aliphatic imine (C=N–C) groups is 1. The molecule has 1 aromatic rings. The first-order valence-electron chi connectivity index (χ1n) is 9.64. The van der Waals surface area contributed by atoms with Gasteiger partial charge in [0.05, 0.1) is 18.0 Å². The molecule has 29 heavy (non-hydrogen) atoms. The van der Waals surface area contributed by atoms with E-state index >= 15 is 0 Å². The predicted octanol–water partition coefficient (Wildman–Crippen LogP) is 1.53. The molecule has 1 saturated heterocycles. The van der Waals surface area contributed by atoms with Crippen LogP contribution in [-0.4, -0.2) is 72.2 Å². The highest BCUT2D eigenvalue weighted by Gasteiger charge is 2.31. The smallest absolute Gasteiger partial charge is 0.216 e. The third kappa shape index (κ3) is 6.36. The fraction of sp³-hybridized carbons (Fsp3) is 0.474. The van der Waals surface area contributed by atoms with Gasteiger partial charge in [-0.15, -0.1) is 0 Å². The van der Waals surface area contributed by atoms with E-state index in [4.69, 9.17) is 0 Å². The van der Waals surface area contributed by atoms with Crippen LogP contribution in [0.4, 0.5) is 5.82 Å². The Kier molecular flexibility index (Phi) is 8.77. The van der Waals surface area contributed by atoms with Crippen molar-refractivity contribution in [2.45, 2.75) is 26.3 Å². The second kappa shape index (κ2) is 11.1. The lowest BCUT2D eigenvalue weighted by atomic mass is 10.1. The molecule has 0 aliphatic carbocycles. The minimum absolute atomic E-state index is 0.0921. The standard InChI is InChI=1S/C17H23N5O4S.C2H6/c23-15-4-5-17(19-12-15)21-7-9-22(10-8-21)27(25,26)13-16(20-24)14-3-1-2-6-18-11-14;1-2/h1-2,4-6,11-12,16,20,23-24H,3,7-10,13H2;1-2H3. The van der Waals surface area contributed by atoms with E-state index in [0.29, 0.717) is 44.0 Å². The Labute approximate surface area is 172 Å². The lowest BCUT2D eigenvalue weighted by Crippen LogP contribution is -2.51. The van der Waals surface area contributed by atoms with Crippen molar-refractivity contribution >= 4 is 22.1 Å². The van der Waals surface area contributed by atoms with Gasteiger partial charge in [0.2, 0.25) is 10.0 Å². The van der Waals surface area contributed by atoms with E-state index < -0.39 is 16.1 Å². The zero-order valence-corrected chi connectivity index (χ0v) is 17.6. The fourth-order valence-electron chi connectivity index (χ4n) is 3.04. The lowest BCUT2D eigenvalue weighted by molar-refractivity contribution is 0.145. The van der Waals surface area contributed by atoms with Crippen LogP contribution in [0.1, 0.15) is 20.3 Å². The molecule has 0 amide bonds. The summed E-state index contributed by atoms with van der Waals surface area (Å²) in [5.74, 6) is 0.554. The number of hydrogen-bond acceptors (Lipinski definition) is 8. The van der Waals surface area contributed by atoms with Crippen molar-refractivity contribution < 1.29 is 18.7 Å². The highest BCUT2D eigenvalue weighted by atomic mass is 32.2. The number of nitrogens with zero attached hydrogens (tertiary/aromatic N) is 4. The number of allylic oxidation sites excluding steroid dienone is 2. The van der Waals surface area contributed by atoms with Crippen LogP contribution in [-0.2, 0) is 10.0 Å². The first-order valence-corrected chi connectivity index (χ1v) is 11.2. The molecule has 0 saturated carbocycles. The third-order valence-corrected chi connectivity index (χ3v) is 6.48. The zero-order valence-electron chi connectivity index (χ0n) is 16.8. The summed E-state index contributed by atoms with van der Waals surface area (Å²) in [5, 5.41) is 18.8. The quantitative estimate of drug-likeness (QED) is 0.594. The van der Waals surface area contributed by atoms with Gasteiger partial charge in [-0.2, -0.15) is 9.79 Å². The molecule has 3 rings (SSSR count). The van der Waals surface area contributed by atoms with Gasteiger partial charge in [0, 0.05) is 38.6 Å². The molecule has 0 spiro atoms. The van der Waals surface area contributed by atoms with Gasteiger partial charge >= 0.3 is 0 Å². The Morgan fingerprint density at radius 1 is 1.21 bits per heavy atom. The van der Waals surface area contributed by atoms with Crippen molar-refractivity contribution in [1.82, 2.24) is 14.8 Å². The van der Waals surface area contributed by atoms with E-state index in [-0.39, 0.29) is 11.5 Å². The molecule has 2 aliphatic heterocycles. The molecule has 9 nitrogen and oxygen atoms in total. The van der Waals surface area contributed by atoms with E-state index in [1.165, 1.54) is 10.5 Å². The van der Waals surface area contributed by atoms with Crippen LogP contribution in [0.25, 0.3) is 0 Å². The molecule has 0 bridgehead atoms. The summed E-state index contributed by atoms with van der Waals surface area (Å²) >= 11 is 0. The van der Waals surface area contributed by atoms with Crippen molar-refractivity contribution in [3.63, 3.8) is 0 Å². The molecular weight excluding hydrogens is 394 g/mol. The van der Waals surface area contributed by atoms with E-state index in [2.05, 4.69) is 15.5 Å². The number of rotatable bonds is 6. The summed E-state index contributed by atoms with van der Waals surface area (Å²) in [5.41, 5.74) is 2.82. The number of pyridine rings is 1. The molecule has 3 heterocycles. The summed E-state index contributed by atoms with van der Waals surface area (Å²) in [6.07, 6.45) is 8.73. The highest BCUT2D eigenvalue weighted by Crippen LogP contribution is 2.19. The number of sulfonamides is 1. The molecule has 1 unspecified atom stereocenters. The van der Waals surface area contributed by atoms with Crippen LogP contribution in [0.5, 0.6) is 5.75 Å². The van der Waals surface area contributed by atoms with E-state index in [0.717, 1.165) is 0 Å². The van der Waals surface area contributed by atoms with Crippen molar-refractivity contribution in [3.05, 3.63) is 42.3 Å². The van der Waals surface area contributed by atoms with Gasteiger partial charge in [0.25, 0.3) is 0 Å². The van der Waals surface area contributed by atoms with E-state index in [1.54, 1.807) is 30.6 Å². The highest BCUT2D eigenvalue weighted by molar-refractivity contribution is 7.89. The maximum Gasteiger partial charge on any atom is 0.216 e. The van der Waals surface area contributed by atoms with Crippen molar-refractivity contribution in [1.29, 1.82) is 0 Å². The van der Waals surface area contributed by atoms with Crippen LogP contribution in [0, 0.1) is 0 Å². The molecule has 1 atom stereocenters. The number of nitrogens with one attached hydrogen (secondary N) is 1. The average Bonchev–Trinajstić information content (AvgIpc) is 3.04. The number of anilines is 1. The summed E-state index contributed by atoms with van der Waals surface area (Å²) in [6, 6.07) is 2.55. The second-order valence-electron chi connectivity index (χ2n) is 6.36. The maximum atomic E-state index is 12.8. The number of hydroxylamine groups is 1. The van der Waals surface area contributed by atoms with Gasteiger partial charge in [-0.3, -0.25) is 4.99 Å². The number of piperazine rings is 1. The Hall–Kier alpha value is -2.27. The number of aromatic hydroxyl groups is 1. The van der Waals surface area contributed by atoms with Crippen LogP contribution in [0.3, 0.4) is 0 Å². The first-order chi connectivity index (χ1) is 14.0. The number of aromatic nitrogens is 1. The maximum absolute atomic E-state index is 12.8. The average molecular weight is 424 g/mol. The van der Waals surface area contributed by atoms with Crippen LogP contribution >= 0.6 is 0 Å². The van der Waals surface area contributed by atoms with Gasteiger partial charge in [-0.1, -0.05) is 19.9 Å². The normalized spacial score (nSPS) is 18.4. The fourth-order valence-corrected chi connectivity index (χ4v) is 4.68. The van der Waals surface area contributed by atoms with Gasteiger partial charge < -0.3 is 15.2 Å². The number of hydrogen-bond donors (Lipinski definition) is 3. The summed E-state index contributed by atoms with van der Waals surface area (Å²) in [6.45, 7) is 5.67. The molecule has 2 aliphatic rings. The zero-order chi connectivity index (χ0) is 21.3. The Morgan fingerprint density at radius 2 is 1.93 bits per heavy atom. The largest absolute Gasteiger partial charge is 0.506 e. The molecular formula is C19H29N5O4S. The van der Waals surface area contributed by atoms with Crippen molar-refractivity contribution in [2.24, 2.45) is 4.99 Å². The van der Waals surface area contributed by atoms with E-state index in [1.807, 2.05) is 24.8 Å². The second-order valence-corrected chi connectivity index (χ2v) is 8.37. The van der Waals surface area contributed by atoms with Crippen LogP contribution in [0.15, 0.2) is 47.2 Å². The minimum Gasteiger partial charge on any atom is -0.506 e. The first kappa shape index (κ1) is 23.0. The summed E-state index contributed by atoms with van der Waals surface area (Å²) in [7, 11) is -3.56. The van der Waals surface area contributed by atoms with Gasteiger partial charge in [0.15, 0.2) is 0 Å². The van der Waals surface area contributed by atoms with Gasteiger partial charge in [0.1, 0.15) is 11.6 Å². The molecule has 1 aromatic heterocycles. The lowest BCUT2D eigenvalue weighted by Gasteiger charge is -2.35. The monoisotopic (exact) mass is 423 g/mol. The van der Waals surface area contributed by atoms with Crippen LogP contribution in [0.2, 0.25) is 0 Å². The molecule has 0 aromatic carbocycles. The molecule has 160 valence electrons. The molecule has 0 radical (unpaired) electrons. The molecule has 10 heteroatoms.